The van der Waals surface area contributed by atoms with Crippen molar-refractivity contribution in [3.63, 3.8) is 0 Å². The van der Waals surface area contributed by atoms with Crippen LogP contribution in [0.25, 0.3) is 5.57 Å². The van der Waals surface area contributed by atoms with E-state index in [4.69, 9.17) is 0 Å². The van der Waals surface area contributed by atoms with Crippen LogP contribution >= 0.6 is 0 Å². The van der Waals surface area contributed by atoms with Gasteiger partial charge in [0.2, 0.25) is 0 Å². The second-order valence-corrected chi connectivity index (χ2v) is 6.71. The zero-order valence-electron chi connectivity index (χ0n) is 16.2. The normalized spacial score (nSPS) is 16.7. The van der Waals surface area contributed by atoms with Crippen LogP contribution in [0.3, 0.4) is 0 Å². The van der Waals surface area contributed by atoms with E-state index in [1.807, 2.05) is 38.2 Å². The van der Waals surface area contributed by atoms with Gasteiger partial charge in [0.1, 0.15) is 13.1 Å². The van der Waals surface area contributed by atoms with Gasteiger partial charge in [-0.1, -0.05) is 12.7 Å². The summed E-state index contributed by atoms with van der Waals surface area (Å²) < 4.78 is 2.23. The highest BCUT2D eigenvalue weighted by Crippen LogP contribution is 2.39. The van der Waals surface area contributed by atoms with Crippen molar-refractivity contribution in [2.75, 3.05) is 13.1 Å². The smallest absolute Gasteiger partial charge is 0.199 e. The van der Waals surface area contributed by atoms with Crippen LogP contribution in [0.2, 0.25) is 0 Å². The fourth-order valence-electron chi connectivity index (χ4n) is 3.88. The van der Waals surface area contributed by atoms with Crippen LogP contribution < -0.4 is 5.11 Å². The molecular formula is C22H26N2O2. The summed E-state index contributed by atoms with van der Waals surface area (Å²) in [6, 6.07) is 0. The topological polar surface area (TPSA) is 58.9 Å². The Balaban J connectivity index is 2.01. The first kappa shape index (κ1) is 18.2. The Labute approximate surface area is 155 Å². The molecule has 4 nitrogen and oxygen atoms in total. The third-order valence-corrected chi connectivity index (χ3v) is 5.39. The monoisotopic (exact) mass is 350 g/mol. The van der Waals surface area contributed by atoms with Crippen molar-refractivity contribution in [2.45, 2.75) is 41.0 Å². The lowest BCUT2D eigenvalue weighted by atomic mass is 9.81. The molecule has 2 aliphatic rings. The Hall–Kier alpha value is -2.62. The van der Waals surface area contributed by atoms with Gasteiger partial charge in [-0.05, 0) is 63.0 Å². The summed E-state index contributed by atoms with van der Waals surface area (Å²) in [5, 5.41) is 12.7. The van der Waals surface area contributed by atoms with Crippen molar-refractivity contribution < 1.29 is 14.5 Å². The molecule has 0 saturated heterocycles. The maximum absolute atomic E-state index is 12.7. The molecule has 0 unspecified atom stereocenters. The molecule has 3 rings (SSSR count). The number of nitrogens with zero attached hydrogens (tertiary/aromatic N) is 1. The molecule has 0 spiro atoms. The number of nitrogens with one attached hydrogen (secondary N) is 1. The van der Waals surface area contributed by atoms with Gasteiger partial charge in [0, 0.05) is 29.0 Å². The van der Waals surface area contributed by atoms with Crippen LogP contribution in [-0.4, -0.2) is 34.1 Å². The zero-order valence-corrected chi connectivity index (χ0v) is 16.2. The van der Waals surface area contributed by atoms with Gasteiger partial charge in [0.25, 0.3) is 0 Å². The highest BCUT2D eigenvalue weighted by molar-refractivity contribution is 6.39. The van der Waals surface area contributed by atoms with E-state index in [2.05, 4.69) is 30.3 Å². The number of hydrogen-bond acceptors (Lipinski definition) is 2. The Morgan fingerprint density at radius 3 is 2.08 bits per heavy atom. The first-order valence-electron chi connectivity index (χ1n) is 9.31. The lowest BCUT2D eigenvalue weighted by Gasteiger charge is -2.32. The maximum atomic E-state index is 12.7. The molecule has 0 radical (unpaired) electrons. The summed E-state index contributed by atoms with van der Waals surface area (Å²) in [4.78, 5) is 16.0. The van der Waals surface area contributed by atoms with Gasteiger partial charge in [-0.25, -0.2) is 4.58 Å². The summed E-state index contributed by atoms with van der Waals surface area (Å²) in [7, 11) is 0. The van der Waals surface area contributed by atoms with E-state index in [1.165, 1.54) is 5.56 Å². The SMILES string of the molecule is CCc1c(C)[nH]c(C2=C([O-])C(=C3C=CC(=[N+](CC)CC)C=C3)C2=O)c1C. The lowest BCUT2D eigenvalue weighted by molar-refractivity contribution is -0.519. The number of hydrogen-bond donors (Lipinski definition) is 1. The number of aromatic nitrogens is 1. The molecule has 1 aromatic heterocycles. The average molecular weight is 350 g/mol. The molecule has 0 fully saturated rings. The lowest BCUT2D eigenvalue weighted by Crippen LogP contribution is -2.31. The molecule has 2 aliphatic carbocycles. The second kappa shape index (κ2) is 6.94. The molecule has 1 heterocycles. The van der Waals surface area contributed by atoms with Gasteiger partial charge < -0.3 is 10.1 Å². The van der Waals surface area contributed by atoms with Crippen molar-refractivity contribution in [1.29, 1.82) is 0 Å². The number of rotatable bonds is 4. The van der Waals surface area contributed by atoms with Gasteiger partial charge in [-0.15, -0.1) is 0 Å². The van der Waals surface area contributed by atoms with E-state index >= 15 is 0 Å². The molecule has 0 aromatic carbocycles. The standard InChI is InChI=1S/C22H26N2O2/c1-6-17-13(4)20(23-14(17)5)19-21(25)18(22(19)26)15-9-11-16(12-10-15)24(7-2)8-3/h9-12H,6-8H2,1-5H3,(H,25,26). The minimum absolute atomic E-state index is 0.155. The fraction of sp³-hybridized carbons (Fsp3) is 0.364. The number of carbonyl (C=O) groups is 1. The molecular weight excluding hydrogens is 324 g/mol. The van der Waals surface area contributed by atoms with Crippen LogP contribution in [-0.2, 0) is 11.2 Å². The van der Waals surface area contributed by atoms with Crippen LogP contribution in [0, 0.1) is 13.8 Å². The van der Waals surface area contributed by atoms with Gasteiger partial charge >= 0.3 is 0 Å². The maximum Gasteiger partial charge on any atom is 0.199 e. The van der Waals surface area contributed by atoms with Crippen molar-refractivity contribution in [2.24, 2.45) is 0 Å². The van der Waals surface area contributed by atoms with Crippen LogP contribution in [0.5, 0.6) is 0 Å². The molecule has 0 amide bonds. The van der Waals surface area contributed by atoms with Gasteiger partial charge in [0.05, 0.1) is 5.69 Å². The van der Waals surface area contributed by atoms with Crippen LogP contribution in [0.15, 0.2) is 41.2 Å². The molecule has 26 heavy (non-hydrogen) atoms. The highest BCUT2D eigenvalue weighted by atomic mass is 16.3. The third kappa shape index (κ3) is 2.70. The van der Waals surface area contributed by atoms with Gasteiger partial charge in [0.15, 0.2) is 11.5 Å². The molecule has 0 saturated carbocycles. The molecule has 0 aliphatic heterocycles. The Morgan fingerprint density at radius 1 is 1.00 bits per heavy atom. The van der Waals surface area contributed by atoms with E-state index in [0.29, 0.717) is 22.4 Å². The number of aryl methyl sites for hydroxylation is 1. The Kier molecular flexibility index (Phi) is 4.86. The largest absolute Gasteiger partial charge is 0.871 e. The summed E-state index contributed by atoms with van der Waals surface area (Å²) in [5.74, 6) is -0.310. The molecule has 1 aromatic rings. The van der Waals surface area contributed by atoms with Crippen LogP contribution in [0.1, 0.15) is 43.3 Å². The molecule has 4 heteroatoms. The summed E-state index contributed by atoms with van der Waals surface area (Å²) in [6.45, 7) is 12.1. The first-order valence-corrected chi connectivity index (χ1v) is 9.31. The van der Waals surface area contributed by atoms with E-state index in [0.717, 1.165) is 36.5 Å². The minimum Gasteiger partial charge on any atom is -0.871 e. The number of Topliss-reactive ketones (excluding diaryl/α,β-unsaturated/α-hetero) is 1. The van der Waals surface area contributed by atoms with Gasteiger partial charge in [-0.3, -0.25) is 4.79 Å². The fourth-order valence-corrected chi connectivity index (χ4v) is 3.88. The molecule has 136 valence electrons. The minimum atomic E-state index is -0.155. The quantitative estimate of drug-likeness (QED) is 0.670. The van der Waals surface area contributed by atoms with Crippen molar-refractivity contribution >= 4 is 17.1 Å². The second-order valence-electron chi connectivity index (χ2n) is 6.71. The molecule has 0 atom stereocenters. The summed E-state index contributed by atoms with van der Waals surface area (Å²) >= 11 is 0. The van der Waals surface area contributed by atoms with Gasteiger partial charge in [-0.2, -0.15) is 0 Å². The number of H-pyrrole nitrogens is 1. The zero-order chi connectivity index (χ0) is 19.0. The predicted octanol–water partition coefficient (Wildman–Crippen LogP) is 2.76. The van der Waals surface area contributed by atoms with Crippen LogP contribution in [0.4, 0.5) is 0 Å². The van der Waals surface area contributed by atoms with E-state index in [9.17, 15) is 9.90 Å². The summed E-state index contributed by atoms with van der Waals surface area (Å²) in [5.41, 5.74) is 6.33. The number of ketones is 1. The first-order chi connectivity index (χ1) is 12.4. The van der Waals surface area contributed by atoms with Crippen molar-refractivity contribution in [3.8, 4) is 0 Å². The highest BCUT2D eigenvalue weighted by Gasteiger charge is 2.33. The number of allylic oxidation sites excluding steroid dienone is 7. The summed E-state index contributed by atoms with van der Waals surface area (Å²) in [6.07, 6.45) is 8.59. The molecule has 0 bridgehead atoms. The number of carbonyl (C=O) groups excluding carboxylic acids is 1. The third-order valence-electron chi connectivity index (χ3n) is 5.39. The Bertz CT molecular complexity index is 910. The van der Waals surface area contributed by atoms with E-state index < -0.39 is 0 Å². The van der Waals surface area contributed by atoms with E-state index in [-0.39, 0.29) is 11.5 Å². The molecule has 1 N–H and O–H groups in total. The van der Waals surface area contributed by atoms with E-state index in [1.54, 1.807) is 0 Å². The van der Waals surface area contributed by atoms with Crippen molar-refractivity contribution in [3.05, 3.63) is 63.7 Å². The predicted molar refractivity (Wildman–Crippen MR) is 103 cm³/mol. The Morgan fingerprint density at radius 2 is 1.62 bits per heavy atom. The number of aromatic amines is 1. The average Bonchev–Trinajstić information content (AvgIpc) is 2.91. The van der Waals surface area contributed by atoms with Crippen molar-refractivity contribution in [1.82, 2.24) is 4.98 Å².